The molecule has 2 aromatic carbocycles. The summed E-state index contributed by atoms with van der Waals surface area (Å²) in [6.07, 6.45) is 0. The molecule has 0 atom stereocenters. The fourth-order valence-electron chi connectivity index (χ4n) is 1.88. The number of aromatic hydroxyl groups is 2. The van der Waals surface area contributed by atoms with Crippen LogP contribution in [0.4, 0.5) is 4.39 Å². The standard InChI is InChI=1S/C16H15FN2O4/c17-12-3-1-10(2-4-12)15(22)18-5-6-19-16(23)11-7-13(20)9-14(21)8-11/h1-4,7-9,20-21H,5-6H2,(H,18,22)(H,19,23). The predicted molar refractivity (Wildman–Crippen MR) is 80.8 cm³/mol. The number of rotatable bonds is 5. The van der Waals surface area contributed by atoms with Crippen molar-refractivity contribution in [3.63, 3.8) is 0 Å². The van der Waals surface area contributed by atoms with Gasteiger partial charge in [0.2, 0.25) is 0 Å². The van der Waals surface area contributed by atoms with Crippen LogP contribution in [0.15, 0.2) is 42.5 Å². The minimum Gasteiger partial charge on any atom is -0.508 e. The molecule has 0 fully saturated rings. The van der Waals surface area contributed by atoms with Gasteiger partial charge in [0, 0.05) is 30.3 Å². The average Bonchev–Trinajstić information content (AvgIpc) is 2.50. The number of hydrogen-bond donors (Lipinski definition) is 4. The van der Waals surface area contributed by atoms with Crippen LogP contribution in [0.3, 0.4) is 0 Å². The van der Waals surface area contributed by atoms with Crippen molar-refractivity contribution in [3.8, 4) is 11.5 Å². The van der Waals surface area contributed by atoms with Gasteiger partial charge in [0.15, 0.2) is 0 Å². The van der Waals surface area contributed by atoms with Gasteiger partial charge < -0.3 is 20.8 Å². The zero-order valence-electron chi connectivity index (χ0n) is 12.0. The molecule has 0 aromatic heterocycles. The van der Waals surface area contributed by atoms with E-state index in [1.807, 2.05) is 0 Å². The maximum atomic E-state index is 12.7. The Kier molecular flexibility index (Phi) is 5.14. The van der Waals surface area contributed by atoms with Crippen LogP contribution >= 0.6 is 0 Å². The molecule has 0 bridgehead atoms. The third-order valence-electron chi connectivity index (χ3n) is 2.97. The first-order valence-corrected chi connectivity index (χ1v) is 6.80. The van der Waals surface area contributed by atoms with Crippen molar-refractivity contribution >= 4 is 11.8 Å². The van der Waals surface area contributed by atoms with Crippen LogP contribution in [-0.4, -0.2) is 35.1 Å². The van der Waals surface area contributed by atoms with Gasteiger partial charge >= 0.3 is 0 Å². The maximum Gasteiger partial charge on any atom is 0.251 e. The number of phenols is 2. The summed E-state index contributed by atoms with van der Waals surface area (Å²) in [5.74, 6) is -1.75. The molecule has 0 aliphatic heterocycles. The van der Waals surface area contributed by atoms with Crippen molar-refractivity contribution < 1.29 is 24.2 Å². The van der Waals surface area contributed by atoms with Crippen molar-refractivity contribution in [2.45, 2.75) is 0 Å². The van der Waals surface area contributed by atoms with Gasteiger partial charge in [0.1, 0.15) is 17.3 Å². The van der Waals surface area contributed by atoms with Crippen molar-refractivity contribution in [1.82, 2.24) is 10.6 Å². The molecule has 0 unspecified atom stereocenters. The molecule has 2 amide bonds. The van der Waals surface area contributed by atoms with E-state index in [0.717, 1.165) is 6.07 Å². The quantitative estimate of drug-likeness (QED) is 0.626. The van der Waals surface area contributed by atoms with Crippen LogP contribution in [0.2, 0.25) is 0 Å². The summed E-state index contributed by atoms with van der Waals surface area (Å²) in [6.45, 7) is 0.328. The zero-order valence-corrected chi connectivity index (χ0v) is 12.0. The summed E-state index contributed by atoms with van der Waals surface area (Å²) in [6, 6.07) is 8.63. The maximum absolute atomic E-state index is 12.7. The van der Waals surface area contributed by atoms with Crippen LogP contribution in [0.1, 0.15) is 20.7 Å². The Bertz CT molecular complexity index is 696. The molecular formula is C16H15FN2O4. The van der Waals surface area contributed by atoms with Crippen LogP contribution in [0.5, 0.6) is 11.5 Å². The molecule has 120 valence electrons. The predicted octanol–water partition coefficient (Wildman–Crippen LogP) is 1.40. The van der Waals surface area contributed by atoms with Crippen molar-refractivity contribution in [2.75, 3.05) is 13.1 Å². The van der Waals surface area contributed by atoms with Gasteiger partial charge in [-0.1, -0.05) is 0 Å². The Morgan fingerprint density at radius 3 is 1.83 bits per heavy atom. The lowest BCUT2D eigenvalue weighted by Crippen LogP contribution is -2.34. The van der Waals surface area contributed by atoms with Crippen molar-refractivity contribution in [1.29, 1.82) is 0 Å². The topological polar surface area (TPSA) is 98.7 Å². The second-order valence-electron chi connectivity index (χ2n) is 4.76. The fourth-order valence-corrected chi connectivity index (χ4v) is 1.88. The van der Waals surface area contributed by atoms with Crippen molar-refractivity contribution in [2.24, 2.45) is 0 Å². The molecule has 0 aliphatic rings. The molecule has 2 rings (SSSR count). The van der Waals surface area contributed by atoms with E-state index < -0.39 is 11.7 Å². The summed E-state index contributed by atoms with van der Waals surface area (Å²) in [4.78, 5) is 23.6. The summed E-state index contributed by atoms with van der Waals surface area (Å²) in [5.41, 5.74) is 0.419. The highest BCUT2D eigenvalue weighted by atomic mass is 19.1. The van der Waals surface area contributed by atoms with Crippen LogP contribution in [0.25, 0.3) is 0 Å². The van der Waals surface area contributed by atoms with E-state index in [4.69, 9.17) is 0 Å². The van der Waals surface area contributed by atoms with E-state index in [1.54, 1.807) is 0 Å². The number of carbonyl (C=O) groups excluding carboxylic acids is 2. The molecule has 0 radical (unpaired) electrons. The van der Waals surface area contributed by atoms with Crippen LogP contribution in [0, 0.1) is 5.82 Å². The van der Waals surface area contributed by atoms with E-state index in [0.29, 0.717) is 5.56 Å². The SMILES string of the molecule is O=C(NCCNC(=O)c1cc(O)cc(O)c1)c1ccc(F)cc1. The molecule has 4 N–H and O–H groups in total. The first-order valence-electron chi connectivity index (χ1n) is 6.80. The molecule has 7 heteroatoms. The average molecular weight is 318 g/mol. The van der Waals surface area contributed by atoms with Crippen LogP contribution < -0.4 is 10.6 Å². The van der Waals surface area contributed by atoms with Gasteiger partial charge in [-0.2, -0.15) is 0 Å². The van der Waals surface area contributed by atoms with E-state index in [-0.39, 0.29) is 36.1 Å². The molecule has 6 nitrogen and oxygen atoms in total. The lowest BCUT2D eigenvalue weighted by Gasteiger charge is -2.08. The van der Waals surface area contributed by atoms with E-state index in [2.05, 4.69) is 10.6 Å². The third-order valence-corrected chi connectivity index (χ3v) is 2.97. The minimum absolute atomic E-state index is 0.104. The number of hydrogen-bond acceptors (Lipinski definition) is 4. The highest BCUT2D eigenvalue weighted by Gasteiger charge is 2.09. The first-order chi connectivity index (χ1) is 11.0. The summed E-state index contributed by atoms with van der Waals surface area (Å²) < 4.78 is 12.7. The highest BCUT2D eigenvalue weighted by molar-refractivity contribution is 5.95. The Labute approximate surface area is 131 Å². The van der Waals surface area contributed by atoms with Gasteiger partial charge in [-0.15, -0.1) is 0 Å². The molecule has 0 aliphatic carbocycles. The molecule has 23 heavy (non-hydrogen) atoms. The molecular weight excluding hydrogens is 303 g/mol. The molecule has 0 spiro atoms. The van der Waals surface area contributed by atoms with E-state index in [1.165, 1.54) is 36.4 Å². The van der Waals surface area contributed by atoms with Gasteiger partial charge in [-0.3, -0.25) is 9.59 Å². The lowest BCUT2D eigenvalue weighted by atomic mass is 10.2. The van der Waals surface area contributed by atoms with Gasteiger partial charge in [-0.05, 0) is 36.4 Å². The smallest absolute Gasteiger partial charge is 0.251 e. The van der Waals surface area contributed by atoms with Gasteiger partial charge in [0.05, 0.1) is 0 Å². The Balaban J connectivity index is 1.79. The highest BCUT2D eigenvalue weighted by Crippen LogP contribution is 2.20. The largest absolute Gasteiger partial charge is 0.508 e. The lowest BCUT2D eigenvalue weighted by molar-refractivity contribution is 0.0927. The van der Waals surface area contributed by atoms with E-state index in [9.17, 15) is 24.2 Å². The molecule has 0 heterocycles. The van der Waals surface area contributed by atoms with Gasteiger partial charge in [-0.25, -0.2) is 4.39 Å². The second-order valence-corrected chi connectivity index (χ2v) is 4.76. The minimum atomic E-state index is -0.493. The van der Waals surface area contributed by atoms with Crippen molar-refractivity contribution in [3.05, 3.63) is 59.4 Å². The molecule has 2 aromatic rings. The number of benzene rings is 2. The number of halogens is 1. The number of nitrogens with one attached hydrogen (secondary N) is 2. The monoisotopic (exact) mass is 318 g/mol. The molecule has 0 saturated heterocycles. The molecule has 0 saturated carbocycles. The number of phenolic OH excluding ortho intramolecular Hbond substituents is 2. The Hall–Kier alpha value is -3.09. The third kappa shape index (κ3) is 4.70. The van der Waals surface area contributed by atoms with E-state index >= 15 is 0 Å². The summed E-state index contributed by atoms with van der Waals surface area (Å²) in [5, 5.41) is 23.7. The second kappa shape index (κ2) is 7.26. The number of carbonyl (C=O) groups is 2. The van der Waals surface area contributed by atoms with Gasteiger partial charge in [0.25, 0.3) is 11.8 Å². The fraction of sp³-hybridized carbons (Fsp3) is 0.125. The summed E-state index contributed by atoms with van der Waals surface area (Å²) in [7, 11) is 0. The Morgan fingerprint density at radius 2 is 1.30 bits per heavy atom. The summed E-state index contributed by atoms with van der Waals surface area (Å²) >= 11 is 0. The normalized spacial score (nSPS) is 10.1. The first kappa shape index (κ1) is 16.3. The van der Waals surface area contributed by atoms with Crippen LogP contribution in [-0.2, 0) is 0 Å². The zero-order chi connectivity index (χ0) is 16.8. The number of amides is 2. The Morgan fingerprint density at radius 1 is 0.826 bits per heavy atom.